The maximum absolute atomic E-state index is 11.3. The van der Waals surface area contributed by atoms with Crippen LogP contribution in [0.5, 0.6) is 0 Å². The topological polar surface area (TPSA) is 165 Å². The Morgan fingerprint density at radius 1 is 1.20 bits per heavy atom. The minimum Gasteiger partial charge on any atom is -0.379 e. The van der Waals surface area contributed by atoms with Crippen LogP contribution in [-0.2, 0) is 14.8 Å². The number of sulfonamides is 1. The molecular formula is C14H22N4O6S. The van der Waals surface area contributed by atoms with Crippen molar-refractivity contribution in [2.75, 3.05) is 11.9 Å². The van der Waals surface area contributed by atoms with Crippen molar-refractivity contribution in [3.05, 3.63) is 28.3 Å². The molecule has 0 saturated heterocycles. The van der Waals surface area contributed by atoms with Gasteiger partial charge in [-0.2, -0.15) is 0 Å². The number of nitro benzene ring substituents is 1. The number of primary sulfonamides is 1. The Balaban J connectivity index is 2.42. The zero-order valence-electron chi connectivity index (χ0n) is 13.6. The molecule has 0 aliphatic rings. The van der Waals surface area contributed by atoms with Crippen LogP contribution in [0.1, 0.15) is 38.5 Å². The molecule has 1 aromatic carbocycles. The number of hydrogen-bond donors (Lipinski definition) is 4. The van der Waals surface area contributed by atoms with E-state index in [0.29, 0.717) is 13.0 Å². The summed E-state index contributed by atoms with van der Waals surface area (Å²) < 4.78 is 22.5. The lowest BCUT2D eigenvalue weighted by Crippen LogP contribution is -2.17. The Labute approximate surface area is 145 Å². The third-order valence-electron chi connectivity index (χ3n) is 3.52. The van der Waals surface area contributed by atoms with Crippen molar-refractivity contribution in [2.24, 2.45) is 5.14 Å². The number of nitrogens with zero attached hydrogens (tertiary/aromatic N) is 1. The molecule has 0 aliphatic carbocycles. The van der Waals surface area contributed by atoms with Crippen LogP contribution in [0.25, 0.3) is 0 Å². The molecule has 25 heavy (non-hydrogen) atoms. The van der Waals surface area contributed by atoms with Crippen LogP contribution in [0.3, 0.4) is 0 Å². The molecule has 0 aliphatic heterocycles. The maximum atomic E-state index is 11.3. The van der Waals surface area contributed by atoms with Gasteiger partial charge in [0.25, 0.3) is 5.69 Å². The van der Waals surface area contributed by atoms with Gasteiger partial charge in [-0.15, -0.1) is 0 Å². The van der Waals surface area contributed by atoms with Gasteiger partial charge in [0.05, 0.1) is 9.82 Å². The fourth-order valence-electron chi connectivity index (χ4n) is 2.21. The second-order valence-corrected chi connectivity index (χ2v) is 7.02. The number of anilines is 1. The van der Waals surface area contributed by atoms with Gasteiger partial charge in [0.2, 0.25) is 15.9 Å². The van der Waals surface area contributed by atoms with Crippen molar-refractivity contribution in [3.8, 4) is 0 Å². The molecule has 0 fully saturated rings. The Morgan fingerprint density at radius 2 is 1.84 bits per heavy atom. The minimum absolute atomic E-state index is 0.233. The van der Waals surface area contributed by atoms with E-state index in [2.05, 4.69) is 5.32 Å². The summed E-state index contributed by atoms with van der Waals surface area (Å²) >= 11 is 0. The van der Waals surface area contributed by atoms with E-state index < -0.39 is 20.9 Å². The van der Waals surface area contributed by atoms with Gasteiger partial charge >= 0.3 is 0 Å². The van der Waals surface area contributed by atoms with Crippen LogP contribution in [0.15, 0.2) is 23.1 Å². The molecule has 0 heterocycles. The van der Waals surface area contributed by atoms with E-state index in [1.165, 1.54) is 12.1 Å². The van der Waals surface area contributed by atoms with Crippen molar-refractivity contribution < 1.29 is 23.3 Å². The maximum Gasteiger partial charge on any atom is 0.293 e. The van der Waals surface area contributed by atoms with Gasteiger partial charge in [0.1, 0.15) is 5.69 Å². The Hall–Kier alpha value is -2.24. The lowest BCUT2D eigenvalue weighted by atomic mass is 10.1. The van der Waals surface area contributed by atoms with E-state index in [4.69, 9.17) is 10.3 Å². The van der Waals surface area contributed by atoms with Crippen molar-refractivity contribution in [2.45, 2.75) is 43.4 Å². The predicted molar refractivity (Wildman–Crippen MR) is 90.6 cm³/mol. The summed E-state index contributed by atoms with van der Waals surface area (Å²) in [4.78, 5) is 20.9. The third kappa shape index (κ3) is 7.45. The van der Waals surface area contributed by atoms with Crippen molar-refractivity contribution in [1.29, 1.82) is 0 Å². The van der Waals surface area contributed by atoms with Crippen molar-refractivity contribution in [3.63, 3.8) is 0 Å². The summed E-state index contributed by atoms with van der Waals surface area (Å²) in [5, 5.41) is 27.3. The molecule has 0 spiro atoms. The van der Waals surface area contributed by atoms with Crippen LogP contribution in [0, 0.1) is 10.1 Å². The molecule has 10 nitrogen and oxygen atoms in total. The minimum atomic E-state index is -4.00. The first-order chi connectivity index (χ1) is 11.8. The number of nitrogens with one attached hydrogen (secondary N) is 2. The number of unbranched alkanes of at least 4 members (excludes halogenated alkanes) is 4. The second kappa shape index (κ2) is 9.91. The highest BCUT2D eigenvalue weighted by atomic mass is 32.2. The molecule has 0 saturated carbocycles. The number of hydroxylamine groups is 1. The second-order valence-electron chi connectivity index (χ2n) is 5.46. The van der Waals surface area contributed by atoms with Gasteiger partial charge in [-0.05, 0) is 25.0 Å². The number of amides is 1. The first-order valence-electron chi connectivity index (χ1n) is 7.73. The number of benzene rings is 1. The number of carbonyl (C=O) groups is 1. The van der Waals surface area contributed by atoms with E-state index in [1.54, 1.807) is 5.48 Å². The fraction of sp³-hybridized carbons (Fsp3) is 0.500. The first-order valence-corrected chi connectivity index (χ1v) is 9.28. The number of nitrogens with two attached hydrogens (primary N) is 1. The third-order valence-corrected chi connectivity index (χ3v) is 4.43. The summed E-state index contributed by atoms with van der Waals surface area (Å²) in [6, 6.07) is 3.48. The Kier molecular flexibility index (Phi) is 8.25. The molecule has 0 radical (unpaired) electrons. The molecule has 11 heteroatoms. The number of rotatable bonds is 11. The van der Waals surface area contributed by atoms with E-state index in [0.717, 1.165) is 31.7 Å². The van der Waals surface area contributed by atoms with Gasteiger partial charge in [-0.3, -0.25) is 20.1 Å². The molecule has 1 rings (SSSR count). The van der Waals surface area contributed by atoms with Crippen LogP contribution in [0.4, 0.5) is 11.4 Å². The van der Waals surface area contributed by atoms with Gasteiger partial charge in [0, 0.05) is 19.0 Å². The summed E-state index contributed by atoms with van der Waals surface area (Å²) in [5.74, 6) is -0.406. The van der Waals surface area contributed by atoms with E-state index in [-0.39, 0.29) is 22.7 Å². The molecule has 0 atom stereocenters. The number of carbonyl (C=O) groups excluding carboxylic acids is 1. The smallest absolute Gasteiger partial charge is 0.293 e. The first kappa shape index (κ1) is 20.8. The lowest BCUT2D eigenvalue weighted by Gasteiger charge is -2.08. The van der Waals surface area contributed by atoms with Crippen LogP contribution < -0.4 is 15.9 Å². The standard InChI is InChI=1S/C14H22N4O6S/c15-25(23,24)11-7-8-12(13(10-11)18(21)22)16-9-5-3-1-2-4-6-14(19)17-20/h7-8,10,16,20H,1-6,9H2,(H,17,19)(H2,15,23,24). The van der Waals surface area contributed by atoms with E-state index >= 15 is 0 Å². The van der Waals surface area contributed by atoms with Crippen LogP contribution >= 0.6 is 0 Å². The highest BCUT2D eigenvalue weighted by molar-refractivity contribution is 7.89. The average Bonchev–Trinajstić information content (AvgIpc) is 2.55. The molecular weight excluding hydrogens is 352 g/mol. The average molecular weight is 374 g/mol. The van der Waals surface area contributed by atoms with Gasteiger partial charge in [-0.25, -0.2) is 19.0 Å². The summed E-state index contributed by atoms with van der Waals surface area (Å²) in [6.07, 6.45) is 4.33. The highest BCUT2D eigenvalue weighted by Crippen LogP contribution is 2.27. The van der Waals surface area contributed by atoms with E-state index in [9.17, 15) is 23.3 Å². The SMILES string of the molecule is NS(=O)(=O)c1ccc(NCCCCCCCC(=O)NO)c([N+](=O)[O-])c1. The van der Waals surface area contributed by atoms with Crippen LogP contribution in [-0.4, -0.2) is 31.0 Å². The monoisotopic (exact) mass is 374 g/mol. The fourth-order valence-corrected chi connectivity index (χ4v) is 2.74. The quantitative estimate of drug-likeness (QED) is 0.197. The molecule has 0 aromatic heterocycles. The molecule has 0 bridgehead atoms. The molecule has 1 aromatic rings. The highest BCUT2D eigenvalue weighted by Gasteiger charge is 2.18. The largest absolute Gasteiger partial charge is 0.379 e. The zero-order chi connectivity index (χ0) is 18.9. The normalized spacial score (nSPS) is 11.1. The molecule has 0 unspecified atom stereocenters. The lowest BCUT2D eigenvalue weighted by molar-refractivity contribution is -0.384. The van der Waals surface area contributed by atoms with Gasteiger partial charge in [0.15, 0.2) is 0 Å². The predicted octanol–water partition coefficient (Wildman–Crippen LogP) is 1.50. The number of hydrogen-bond acceptors (Lipinski definition) is 7. The van der Waals surface area contributed by atoms with E-state index in [1.807, 2.05) is 0 Å². The zero-order valence-corrected chi connectivity index (χ0v) is 14.4. The van der Waals surface area contributed by atoms with Crippen molar-refractivity contribution in [1.82, 2.24) is 5.48 Å². The van der Waals surface area contributed by atoms with Crippen LogP contribution in [0.2, 0.25) is 0 Å². The number of nitro groups is 1. The van der Waals surface area contributed by atoms with Gasteiger partial charge in [-0.1, -0.05) is 19.3 Å². The molecule has 140 valence electrons. The summed E-state index contributed by atoms with van der Waals surface area (Å²) in [6.45, 7) is 0.493. The molecule has 1 amide bonds. The summed E-state index contributed by atoms with van der Waals surface area (Å²) in [5.41, 5.74) is 1.46. The van der Waals surface area contributed by atoms with Crippen molar-refractivity contribution >= 4 is 27.3 Å². The Morgan fingerprint density at radius 3 is 2.44 bits per heavy atom. The summed E-state index contributed by atoms with van der Waals surface area (Å²) in [7, 11) is -4.00. The molecule has 5 N–H and O–H groups in total. The Bertz CT molecular complexity index is 707. The van der Waals surface area contributed by atoms with Gasteiger partial charge < -0.3 is 5.32 Å².